The van der Waals surface area contributed by atoms with E-state index in [9.17, 15) is 0 Å². The standard InChI is InChI=1S/C23H36N2O/c1-3-4-5-6-9-20-12-17-24(18-13-20)15-8-16-25-19-14-21-10-7-11-22(26-2)23(21)25/h7,10-11,14,19-20H,3-6,8-9,12-13,15-18H2,1-2H3. The van der Waals surface area contributed by atoms with Crippen molar-refractivity contribution in [2.24, 2.45) is 5.92 Å². The average Bonchev–Trinajstić information content (AvgIpc) is 3.10. The van der Waals surface area contributed by atoms with Crippen LogP contribution >= 0.6 is 0 Å². The zero-order chi connectivity index (χ0) is 18.2. The lowest BCUT2D eigenvalue weighted by atomic mass is 9.91. The van der Waals surface area contributed by atoms with Gasteiger partial charge in [-0.2, -0.15) is 0 Å². The highest BCUT2D eigenvalue weighted by molar-refractivity contribution is 5.85. The van der Waals surface area contributed by atoms with Gasteiger partial charge in [0.15, 0.2) is 0 Å². The largest absolute Gasteiger partial charge is 0.495 e. The molecule has 1 aromatic carbocycles. The van der Waals surface area contributed by atoms with Gasteiger partial charge in [0.05, 0.1) is 12.6 Å². The van der Waals surface area contributed by atoms with E-state index >= 15 is 0 Å². The number of nitrogens with zero attached hydrogens (tertiary/aromatic N) is 2. The molecule has 0 N–H and O–H groups in total. The molecule has 3 heteroatoms. The Kier molecular flexibility index (Phi) is 7.43. The maximum Gasteiger partial charge on any atom is 0.143 e. The van der Waals surface area contributed by atoms with Crippen LogP contribution in [0.1, 0.15) is 58.3 Å². The number of benzene rings is 1. The normalized spacial score (nSPS) is 16.4. The van der Waals surface area contributed by atoms with Gasteiger partial charge in [-0.15, -0.1) is 0 Å². The van der Waals surface area contributed by atoms with Crippen molar-refractivity contribution >= 4 is 10.9 Å². The van der Waals surface area contributed by atoms with E-state index in [1.54, 1.807) is 7.11 Å². The van der Waals surface area contributed by atoms with E-state index < -0.39 is 0 Å². The van der Waals surface area contributed by atoms with Crippen LogP contribution in [0.4, 0.5) is 0 Å². The Bertz CT molecular complexity index is 655. The molecule has 0 amide bonds. The second-order valence-corrected chi connectivity index (χ2v) is 7.90. The number of hydrogen-bond acceptors (Lipinski definition) is 2. The summed E-state index contributed by atoms with van der Waals surface area (Å²) in [5.41, 5.74) is 1.24. The van der Waals surface area contributed by atoms with E-state index in [0.717, 1.165) is 18.2 Å². The van der Waals surface area contributed by atoms with Crippen LogP contribution in [-0.2, 0) is 6.54 Å². The van der Waals surface area contributed by atoms with Gasteiger partial charge in [0, 0.05) is 18.1 Å². The Labute approximate surface area is 159 Å². The molecular formula is C23H36N2O. The van der Waals surface area contributed by atoms with Crippen molar-refractivity contribution in [1.29, 1.82) is 0 Å². The monoisotopic (exact) mass is 356 g/mol. The molecule has 0 saturated carbocycles. The first kappa shape index (κ1) is 19.3. The summed E-state index contributed by atoms with van der Waals surface area (Å²) in [6, 6.07) is 8.49. The molecule has 0 radical (unpaired) electrons. The predicted octanol–water partition coefficient (Wildman–Crippen LogP) is 5.72. The summed E-state index contributed by atoms with van der Waals surface area (Å²) in [6.07, 6.45) is 13.3. The topological polar surface area (TPSA) is 17.4 Å². The van der Waals surface area contributed by atoms with Gasteiger partial charge in [0.25, 0.3) is 0 Å². The Morgan fingerprint density at radius 1 is 1.00 bits per heavy atom. The molecule has 1 aromatic heterocycles. The Morgan fingerprint density at radius 3 is 2.62 bits per heavy atom. The third-order valence-electron chi connectivity index (χ3n) is 6.02. The molecule has 0 unspecified atom stereocenters. The third kappa shape index (κ3) is 5.03. The van der Waals surface area contributed by atoms with Crippen LogP contribution in [0.2, 0.25) is 0 Å². The number of hydrogen-bond donors (Lipinski definition) is 0. The van der Waals surface area contributed by atoms with E-state index in [2.05, 4.69) is 46.9 Å². The lowest BCUT2D eigenvalue weighted by Crippen LogP contribution is -2.34. The van der Waals surface area contributed by atoms with Crippen LogP contribution in [0, 0.1) is 5.92 Å². The van der Waals surface area contributed by atoms with Crippen LogP contribution in [0.25, 0.3) is 10.9 Å². The van der Waals surface area contributed by atoms with E-state index in [1.165, 1.54) is 81.9 Å². The summed E-state index contributed by atoms with van der Waals surface area (Å²) >= 11 is 0. The highest BCUT2D eigenvalue weighted by Gasteiger charge is 2.18. The zero-order valence-corrected chi connectivity index (χ0v) is 16.8. The number of rotatable bonds is 10. The second-order valence-electron chi connectivity index (χ2n) is 7.90. The first-order valence-corrected chi connectivity index (χ1v) is 10.7. The average molecular weight is 357 g/mol. The fraction of sp³-hybridized carbons (Fsp3) is 0.652. The fourth-order valence-electron chi connectivity index (χ4n) is 4.40. The summed E-state index contributed by atoms with van der Waals surface area (Å²) in [4.78, 5) is 2.67. The van der Waals surface area contributed by atoms with Gasteiger partial charge in [-0.3, -0.25) is 0 Å². The smallest absolute Gasteiger partial charge is 0.143 e. The fourth-order valence-corrected chi connectivity index (χ4v) is 4.40. The first-order chi connectivity index (χ1) is 12.8. The molecule has 3 rings (SSSR count). The van der Waals surface area contributed by atoms with Gasteiger partial charge in [-0.1, -0.05) is 51.2 Å². The summed E-state index contributed by atoms with van der Waals surface area (Å²) < 4.78 is 7.91. The molecule has 3 nitrogen and oxygen atoms in total. The molecule has 1 saturated heterocycles. The van der Waals surface area contributed by atoms with E-state index in [1.807, 2.05) is 0 Å². The number of likely N-dealkylation sites (tertiary alicyclic amines) is 1. The van der Waals surface area contributed by atoms with Crippen molar-refractivity contribution in [2.75, 3.05) is 26.7 Å². The van der Waals surface area contributed by atoms with Crippen LogP contribution < -0.4 is 4.74 Å². The minimum atomic E-state index is 0.983. The van der Waals surface area contributed by atoms with Gasteiger partial charge in [0.2, 0.25) is 0 Å². The van der Waals surface area contributed by atoms with Crippen molar-refractivity contribution < 1.29 is 4.74 Å². The maximum atomic E-state index is 5.55. The van der Waals surface area contributed by atoms with E-state index in [0.29, 0.717) is 0 Å². The quantitative estimate of drug-likeness (QED) is 0.506. The molecule has 0 spiro atoms. The summed E-state index contributed by atoms with van der Waals surface area (Å²) in [5, 5.41) is 1.27. The maximum absolute atomic E-state index is 5.55. The minimum absolute atomic E-state index is 0.983. The van der Waals surface area contributed by atoms with Crippen LogP contribution in [-0.4, -0.2) is 36.2 Å². The molecule has 1 aliphatic rings. The number of aryl methyl sites for hydroxylation is 1. The highest BCUT2D eigenvalue weighted by atomic mass is 16.5. The van der Waals surface area contributed by atoms with Crippen LogP contribution in [0.15, 0.2) is 30.5 Å². The number of methoxy groups -OCH3 is 1. The SMILES string of the molecule is CCCCCCC1CCN(CCCn2ccc3cccc(OC)c32)CC1. The Hall–Kier alpha value is -1.48. The molecule has 0 aliphatic carbocycles. The Morgan fingerprint density at radius 2 is 1.85 bits per heavy atom. The van der Waals surface area contributed by atoms with Crippen molar-refractivity contribution in [1.82, 2.24) is 9.47 Å². The van der Waals surface area contributed by atoms with Crippen molar-refractivity contribution in [3.05, 3.63) is 30.5 Å². The lowest BCUT2D eigenvalue weighted by Gasteiger charge is -2.32. The van der Waals surface area contributed by atoms with E-state index in [4.69, 9.17) is 4.74 Å². The van der Waals surface area contributed by atoms with Gasteiger partial charge >= 0.3 is 0 Å². The molecule has 144 valence electrons. The first-order valence-electron chi connectivity index (χ1n) is 10.7. The van der Waals surface area contributed by atoms with Gasteiger partial charge in [-0.25, -0.2) is 0 Å². The summed E-state index contributed by atoms with van der Waals surface area (Å²) in [7, 11) is 1.76. The summed E-state index contributed by atoms with van der Waals surface area (Å²) in [5.74, 6) is 1.97. The predicted molar refractivity (Wildman–Crippen MR) is 111 cm³/mol. The highest BCUT2D eigenvalue weighted by Crippen LogP contribution is 2.27. The Balaban J connectivity index is 1.40. The van der Waals surface area contributed by atoms with Crippen molar-refractivity contribution in [2.45, 2.75) is 64.8 Å². The molecule has 2 aromatic rings. The third-order valence-corrected chi connectivity index (χ3v) is 6.02. The van der Waals surface area contributed by atoms with Crippen LogP contribution in [0.3, 0.4) is 0 Å². The number of unbranched alkanes of at least 4 members (excludes halogenated alkanes) is 3. The second kappa shape index (κ2) is 10.0. The van der Waals surface area contributed by atoms with E-state index in [-0.39, 0.29) is 0 Å². The summed E-state index contributed by atoms with van der Waals surface area (Å²) in [6.45, 7) is 7.19. The lowest BCUT2D eigenvalue weighted by molar-refractivity contribution is 0.173. The number of para-hydroxylation sites is 1. The molecule has 0 atom stereocenters. The molecule has 26 heavy (non-hydrogen) atoms. The molecule has 0 bridgehead atoms. The molecular weight excluding hydrogens is 320 g/mol. The number of fused-ring (bicyclic) bond motifs is 1. The molecule has 1 fully saturated rings. The van der Waals surface area contributed by atoms with Crippen molar-refractivity contribution in [3.8, 4) is 5.75 Å². The van der Waals surface area contributed by atoms with Crippen LogP contribution in [0.5, 0.6) is 5.75 Å². The molecule has 2 heterocycles. The van der Waals surface area contributed by atoms with Gasteiger partial charge in [-0.05, 0) is 56.9 Å². The van der Waals surface area contributed by atoms with Gasteiger partial charge < -0.3 is 14.2 Å². The van der Waals surface area contributed by atoms with Gasteiger partial charge in [0.1, 0.15) is 5.75 Å². The molecule has 1 aliphatic heterocycles. The van der Waals surface area contributed by atoms with Crippen molar-refractivity contribution in [3.63, 3.8) is 0 Å². The number of piperidine rings is 1. The zero-order valence-electron chi connectivity index (χ0n) is 16.8. The number of aromatic nitrogens is 1. The minimum Gasteiger partial charge on any atom is -0.495 e. The number of ether oxygens (including phenoxy) is 1.